The Morgan fingerprint density at radius 1 is 0.912 bits per heavy atom. The number of anilines is 1. The Kier molecular flexibility index (Phi) is 6.04. The third-order valence-electron chi connectivity index (χ3n) is 6.65. The Morgan fingerprint density at radius 3 is 2.26 bits per heavy atom. The van der Waals surface area contributed by atoms with Gasteiger partial charge in [-0.25, -0.2) is 0 Å². The van der Waals surface area contributed by atoms with E-state index >= 15 is 0 Å². The number of pyridine rings is 1. The summed E-state index contributed by atoms with van der Waals surface area (Å²) in [6, 6.07) is 23.1. The van der Waals surface area contributed by atoms with E-state index in [1.165, 1.54) is 33.8 Å². The van der Waals surface area contributed by atoms with Crippen molar-refractivity contribution >= 4 is 38.9 Å². The third-order valence-corrected chi connectivity index (χ3v) is 7.50. The van der Waals surface area contributed by atoms with Crippen LogP contribution in [0.2, 0.25) is 0 Å². The minimum Gasteiger partial charge on any atom is -0.351 e. The van der Waals surface area contributed by atoms with Crippen LogP contribution < -0.4 is 10.2 Å². The molecule has 4 nitrogen and oxygen atoms in total. The number of hydrogen-bond donors (Lipinski definition) is 1. The van der Waals surface area contributed by atoms with Crippen LogP contribution in [0.25, 0.3) is 5.69 Å². The van der Waals surface area contributed by atoms with Crippen molar-refractivity contribution in [1.29, 1.82) is 0 Å². The third kappa shape index (κ3) is 3.85. The van der Waals surface area contributed by atoms with Crippen molar-refractivity contribution in [3.8, 4) is 5.69 Å². The summed E-state index contributed by atoms with van der Waals surface area (Å²) in [6.45, 7) is 8.75. The maximum absolute atomic E-state index is 5.90. The summed E-state index contributed by atoms with van der Waals surface area (Å²) < 4.78 is 3.43. The van der Waals surface area contributed by atoms with Gasteiger partial charge in [0, 0.05) is 27.7 Å². The maximum atomic E-state index is 5.90. The number of aromatic nitrogens is 2. The van der Waals surface area contributed by atoms with Gasteiger partial charge < -0.3 is 14.8 Å². The average Bonchev–Trinajstić information content (AvgIpc) is 3.31. The molecule has 6 heteroatoms. The van der Waals surface area contributed by atoms with Gasteiger partial charge in [0.05, 0.1) is 23.5 Å². The van der Waals surface area contributed by atoms with Gasteiger partial charge in [0.25, 0.3) is 0 Å². The van der Waals surface area contributed by atoms with E-state index in [-0.39, 0.29) is 12.1 Å². The lowest BCUT2D eigenvalue weighted by atomic mass is 9.96. The van der Waals surface area contributed by atoms with Crippen molar-refractivity contribution in [2.45, 2.75) is 39.8 Å². The second-order valence-electron chi connectivity index (χ2n) is 8.88. The summed E-state index contributed by atoms with van der Waals surface area (Å²) in [5, 5.41) is 4.28. The van der Waals surface area contributed by atoms with Crippen LogP contribution in [0.4, 0.5) is 5.69 Å². The molecule has 0 radical (unpaired) electrons. The first-order valence-corrected chi connectivity index (χ1v) is 12.6. The lowest BCUT2D eigenvalue weighted by Gasteiger charge is -2.28. The molecule has 1 aliphatic rings. The zero-order chi connectivity index (χ0) is 24.0. The molecule has 5 rings (SSSR count). The summed E-state index contributed by atoms with van der Waals surface area (Å²) in [5.41, 5.74) is 9.48. The molecule has 1 saturated heterocycles. The van der Waals surface area contributed by atoms with E-state index in [0.717, 1.165) is 15.9 Å². The number of halogens is 1. The molecule has 172 valence electrons. The van der Waals surface area contributed by atoms with Gasteiger partial charge in [-0.15, -0.1) is 0 Å². The highest BCUT2D eigenvalue weighted by atomic mass is 79.9. The van der Waals surface area contributed by atoms with Gasteiger partial charge in [-0.1, -0.05) is 40.2 Å². The van der Waals surface area contributed by atoms with Crippen LogP contribution in [0.5, 0.6) is 0 Å². The Balaban J connectivity index is 1.71. The molecular formula is C28H27BrN4S. The number of thiocarbonyl (C=S) groups is 1. The van der Waals surface area contributed by atoms with Gasteiger partial charge in [0.1, 0.15) is 0 Å². The molecule has 0 unspecified atom stereocenters. The van der Waals surface area contributed by atoms with Gasteiger partial charge in [-0.05, 0) is 99.1 Å². The van der Waals surface area contributed by atoms with Crippen molar-refractivity contribution < 1.29 is 0 Å². The molecule has 0 aliphatic carbocycles. The standard InChI is InChI=1S/C28H27BrN4S/c1-17-8-7-9-18(2)26(17)32-19(3)16-23(20(32)4)27-25(24-10-5-6-15-30-24)31-28(34)33(27)22-13-11-21(29)12-14-22/h5-16,25,27H,1-4H3,(H,31,34)/t25-,27+/m0/s1. The summed E-state index contributed by atoms with van der Waals surface area (Å²) >= 11 is 9.46. The van der Waals surface area contributed by atoms with Crippen LogP contribution in [0, 0.1) is 27.7 Å². The van der Waals surface area contributed by atoms with Crippen LogP contribution in [0.1, 0.15) is 45.9 Å². The van der Waals surface area contributed by atoms with E-state index in [0.29, 0.717) is 5.11 Å². The Bertz CT molecular complexity index is 1340. The monoisotopic (exact) mass is 530 g/mol. The van der Waals surface area contributed by atoms with Crippen molar-refractivity contribution in [3.63, 3.8) is 0 Å². The second-order valence-corrected chi connectivity index (χ2v) is 10.2. The number of aryl methyl sites for hydroxylation is 3. The molecule has 3 heterocycles. The molecule has 2 atom stereocenters. The number of rotatable bonds is 4. The minimum absolute atomic E-state index is 0.0344. The first-order valence-electron chi connectivity index (χ1n) is 11.4. The number of benzene rings is 2. The predicted molar refractivity (Wildman–Crippen MR) is 147 cm³/mol. The molecule has 1 fully saturated rings. The molecule has 2 aromatic heterocycles. The van der Waals surface area contributed by atoms with E-state index in [4.69, 9.17) is 17.2 Å². The van der Waals surface area contributed by atoms with E-state index in [1.54, 1.807) is 0 Å². The van der Waals surface area contributed by atoms with Gasteiger partial charge in [-0.3, -0.25) is 4.98 Å². The fraction of sp³-hybridized carbons (Fsp3) is 0.214. The molecular weight excluding hydrogens is 504 g/mol. The predicted octanol–water partition coefficient (Wildman–Crippen LogP) is 7.05. The number of nitrogens with zero attached hydrogens (tertiary/aromatic N) is 3. The largest absolute Gasteiger partial charge is 0.351 e. The zero-order valence-corrected chi connectivity index (χ0v) is 22.1. The van der Waals surface area contributed by atoms with Crippen LogP contribution in [0.15, 0.2) is 77.4 Å². The molecule has 2 aromatic carbocycles. The SMILES string of the molecule is Cc1cccc(C)c1-n1c(C)cc([C@@H]2[C@H](c3ccccn3)NC(=S)N2c2ccc(Br)cc2)c1C. The highest BCUT2D eigenvalue weighted by Crippen LogP contribution is 2.44. The van der Waals surface area contributed by atoms with Gasteiger partial charge >= 0.3 is 0 Å². The highest BCUT2D eigenvalue weighted by molar-refractivity contribution is 9.10. The lowest BCUT2D eigenvalue weighted by Crippen LogP contribution is -2.29. The maximum Gasteiger partial charge on any atom is 0.174 e. The number of para-hydroxylation sites is 1. The zero-order valence-electron chi connectivity index (χ0n) is 19.7. The Morgan fingerprint density at radius 2 is 1.62 bits per heavy atom. The van der Waals surface area contributed by atoms with Gasteiger partial charge in [0.2, 0.25) is 0 Å². The van der Waals surface area contributed by atoms with Crippen molar-refractivity contribution in [2.75, 3.05) is 4.90 Å². The van der Waals surface area contributed by atoms with E-state index in [1.807, 2.05) is 18.3 Å². The lowest BCUT2D eigenvalue weighted by molar-refractivity contribution is 0.565. The first kappa shape index (κ1) is 22.8. The first-order chi connectivity index (χ1) is 16.4. The fourth-order valence-electron chi connectivity index (χ4n) is 5.14. The summed E-state index contributed by atoms with van der Waals surface area (Å²) in [7, 11) is 0. The van der Waals surface area contributed by atoms with Crippen LogP contribution >= 0.6 is 28.1 Å². The van der Waals surface area contributed by atoms with Crippen LogP contribution in [-0.4, -0.2) is 14.7 Å². The van der Waals surface area contributed by atoms with Crippen LogP contribution in [0.3, 0.4) is 0 Å². The average molecular weight is 532 g/mol. The molecule has 0 saturated carbocycles. The molecule has 0 amide bonds. The van der Waals surface area contributed by atoms with Crippen molar-refractivity contribution in [1.82, 2.24) is 14.9 Å². The molecule has 0 spiro atoms. The quantitative estimate of drug-likeness (QED) is 0.286. The minimum atomic E-state index is -0.0655. The molecule has 1 N–H and O–H groups in total. The van der Waals surface area contributed by atoms with E-state index in [2.05, 4.69) is 113 Å². The Hall–Kier alpha value is -2.96. The highest BCUT2D eigenvalue weighted by Gasteiger charge is 2.42. The fourth-order valence-corrected chi connectivity index (χ4v) is 5.75. The second kappa shape index (κ2) is 9.01. The summed E-state index contributed by atoms with van der Waals surface area (Å²) in [6.07, 6.45) is 1.85. The topological polar surface area (TPSA) is 33.1 Å². The van der Waals surface area contributed by atoms with Crippen LogP contribution in [-0.2, 0) is 0 Å². The number of nitrogens with one attached hydrogen (secondary N) is 1. The van der Waals surface area contributed by atoms with Crippen molar-refractivity contribution in [3.05, 3.63) is 111 Å². The molecule has 4 aromatic rings. The number of hydrogen-bond acceptors (Lipinski definition) is 2. The molecule has 0 bridgehead atoms. The van der Waals surface area contributed by atoms with E-state index in [9.17, 15) is 0 Å². The normalized spacial score (nSPS) is 17.8. The van der Waals surface area contributed by atoms with Gasteiger partial charge in [0.15, 0.2) is 5.11 Å². The Labute approximate surface area is 214 Å². The van der Waals surface area contributed by atoms with Crippen molar-refractivity contribution in [2.24, 2.45) is 0 Å². The van der Waals surface area contributed by atoms with E-state index < -0.39 is 0 Å². The molecule has 34 heavy (non-hydrogen) atoms. The molecule has 1 aliphatic heterocycles. The van der Waals surface area contributed by atoms with Gasteiger partial charge in [-0.2, -0.15) is 0 Å². The smallest absolute Gasteiger partial charge is 0.174 e. The summed E-state index contributed by atoms with van der Waals surface area (Å²) in [5.74, 6) is 0. The summed E-state index contributed by atoms with van der Waals surface area (Å²) in [4.78, 5) is 6.93.